The minimum absolute atomic E-state index is 0.924. The van der Waals surface area contributed by atoms with Gasteiger partial charge in [-0.25, -0.2) is 0 Å². The van der Waals surface area contributed by atoms with E-state index in [4.69, 9.17) is 0 Å². The quantitative estimate of drug-likeness (QED) is 0.378. The Hall–Kier alpha value is -0.520. The Bertz CT molecular complexity index is 108. The van der Waals surface area contributed by atoms with Crippen LogP contribution in [-0.2, 0) is 0 Å². The number of quaternary nitrogens is 2. The third-order valence-electron chi connectivity index (χ3n) is 0.873. The van der Waals surface area contributed by atoms with Gasteiger partial charge in [0.05, 0.1) is 21.1 Å². The fraction of sp³-hybridized carbons (Fsp3) is 0.714. The summed E-state index contributed by atoms with van der Waals surface area (Å²) in [5, 5.41) is 2.07. The Morgan fingerprint density at radius 1 is 1.33 bits per heavy atom. The smallest absolute Gasteiger partial charge is 0.139 e. The lowest BCUT2D eigenvalue weighted by Gasteiger charge is -1.97. The van der Waals surface area contributed by atoms with Crippen LogP contribution < -0.4 is 10.2 Å². The average molecular weight is 128 g/mol. The fourth-order valence-corrected chi connectivity index (χ4v) is 0.414. The summed E-state index contributed by atoms with van der Waals surface area (Å²) in [6.45, 7) is 1.88. The van der Waals surface area contributed by atoms with Crippen LogP contribution in [0.5, 0.6) is 0 Å². The van der Waals surface area contributed by atoms with Crippen molar-refractivity contribution in [2.24, 2.45) is 0 Å². The number of hydrogen-bond acceptors (Lipinski definition) is 0. The zero-order valence-electron chi connectivity index (χ0n) is 6.49. The van der Waals surface area contributed by atoms with E-state index in [-0.39, 0.29) is 0 Å². The van der Waals surface area contributed by atoms with E-state index >= 15 is 0 Å². The van der Waals surface area contributed by atoms with Crippen molar-refractivity contribution in [1.82, 2.24) is 0 Å². The molecule has 2 heteroatoms. The number of nitrogens with two attached hydrogens (primary N) is 1. The maximum Gasteiger partial charge on any atom is 0.139 e. The van der Waals surface area contributed by atoms with Crippen LogP contribution in [0.1, 0.15) is 0 Å². The van der Waals surface area contributed by atoms with E-state index in [9.17, 15) is 0 Å². The highest BCUT2D eigenvalue weighted by molar-refractivity contribution is 4.97. The maximum atomic E-state index is 3.07. The Labute approximate surface area is 57.2 Å². The van der Waals surface area contributed by atoms with E-state index in [0.717, 1.165) is 13.1 Å². The first-order chi connectivity index (χ1) is 4.27. The van der Waals surface area contributed by atoms with Gasteiger partial charge in [0.2, 0.25) is 0 Å². The summed E-state index contributed by atoms with van der Waals surface area (Å²) in [5.74, 6) is 6.11. The summed E-state index contributed by atoms with van der Waals surface area (Å²) in [5.41, 5.74) is 0. The summed E-state index contributed by atoms with van der Waals surface area (Å²) in [4.78, 5) is 1.39. The highest BCUT2D eigenvalue weighted by Gasteiger charge is 1.82. The monoisotopic (exact) mass is 128 g/mol. The summed E-state index contributed by atoms with van der Waals surface area (Å²) in [7, 11) is 6.23. The zero-order valence-corrected chi connectivity index (χ0v) is 6.49. The molecule has 2 nitrogen and oxygen atoms in total. The summed E-state index contributed by atoms with van der Waals surface area (Å²) >= 11 is 0. The lowest BCUT2D eigenvalue weighted by Crippen LogP contribution is -3.05. The van der Waals surface area contributed by atoms with E-state index < -0.39 is 0 Å². The molecule has 0 bridgehead atoms. The van der Waals surface area contributed by atoms with Crippen molar-refractivity contribution < 1.29 is 10.2 Å². The molecule has 9 heavy (non-hydrogen) atoms. The molecule has 0 amide bonds. The molecule has 0 aliphatic rings. The van der Waals surface area contributed by atoms with Crippen LogP contribution in [0, 0.1) is 11.8 Å². The Balaban J connectivity index is 3.16. The first-order valence-electron chi connectivity index (χ1n) is 3.30. The van der Waals surface area contributed by atoms with E-state index in [1.165, 1.54) is 4.90 Å². The molecule has 0 saturated carbocycles. The third kappa shape index (κ3) is 7.48. The van der Waals surface area contributed by atoms with Gasteiger partial charge in [-0.15, -0.1) is 0 Å². The molecule has 0 aromatic rings. The van der Waals surface area contributed by atoms with E-state index in [2.05, 4.69) is 31.3 Å². The molecule has 0 heterocycles. The van der Waals surface area contributed by atoms with Crippen molar-refractivity contribution in [2.75, 3.05) is 34.2 Å². The second-order valence-electron chi connectivity index (χ2n) is 2.35. The van der Waals surface area contributed by atoms with Crippen LogP contribution >= 0.6 is 0 Å². The predicted octanol–water partition coefficient (Wildman–Crippen LogP) is -2.67. The van der Waals surface area contributed by atoms with Gasteiger partial charge in [-0.2, -0.15) is 0 Å². The van der Waals surface area contributed by atoms with Gasteiger partial charge in [0.1, 0.15) is 13.1 Å². The second kappa shape index (κ2) is 5.61. The molecule has 0 aromatic heterocycles. The highest BCUT2D eigenvalue weighted by Crippen LogP contribution is 1.42. The normalized spacial score (nSPS) is 8.89. The van der Waals surface area contributed by atoms with Gasteiger partial charge >= 0.3 is 0 Å². The lowest BCUT2D eigenvalue weighted by molar-refractivity contribution is -0.850. The Morgan fingerprint density at radius 3 is 2.44 bits per heavy atom. The summed E-state index contributed by atoms with van der Waals surface area (Å²) < 4.78 is 0. The van der Waals surface area contributed by atoms with Gasteiger partial charge < -0.3 is 10.2 Å². The lowest BCUT2D eigenvalue weighted by atomic mass is 10.5. The zero-order chi connectivity index (χ0) is 7.11. The van der Waals surface area contributed by atoms with Crippen LogP contribution in [0.3, 0.4) is 0 Å². The number of rotatable bonds is 2. The van der Waals surface area contributed by atoms with E-state index in [1.54, 1.807) is 0 Å². The summed E-state index contributed by atoms with van der Waals surface area (Å²) in [6.07, 6.45) is 0. The van der Waals surface area contributed by atoms with Gasteiger partial charge in [-0.1, -0.05) is 0 Å². The Kier molecular flexibility index (Phi) is 5.29. The minimum Gasteiger partial charge on any atom is -0.339 e. The molecular formula is C7H16N2+2. The van der Waals surface area contributed by atoms with Gasteiger partial charge in [-0.05, 0) is 11.8 Å². The summed E-state index contributed by atoms with van der Waals surface area (Å²) in [6, 6.07) is 0. The molecule has 0 aromatic carbocycles. The van der Waals surface area contributed by atoms with Crippen molar-refractivity contribution >= 4 is 0 Å². The highest BCUT2D eigenvalue weighted by atomic mass is 15.0. The molecule has 52 valence electrons. The maximum absolute atomic E-state index is 3.07. The van der Waals surface area contributed by atoms with Crippen molar-refractivity contribution in [3.05, 3.63) is 0 Å². The van der Waals surface area contributed by atoms with Crippen LogP contribution in [0.2, 0.25) is 0 Å². The predicted molar refractivity (Wildman–Crippen MR) is 38.2 cm³/mol. The minimum atomic E-state index is 0.924. The van der Waals surface area contributed by atoms with Gasteiger partial charge in [0.25, 0.3) is 0 Å². The second-order valence-corrected chi connectivity index (χ2v) is 2.35. The van der Waals surface area contributed by atoms with Crippen molar-refractivity contribution in [3.63, 3.8) is 0 Å². The molecule has 0 radical (unpaired) electrons. The average Bonchev–Trinajstić information content (AvgIpc) is 1.80. The van der Waals surface area contributed by atoms with Gasteiger partial charge in [0, 0.05) is 0 Å². The molecule has 0 fully saturated rings. The SMILES string of the molecule is C[NH2+]CC#CC[NH+](C)C. The topological polar surface area (TPSA) is 21.1 Å². The molecule has 0 spiro atoms. The van der Waals surface area contributed by atoms with Crippen LogP contribution in [-0.4, -0.2) is 34.2 Å². The Morgan fingerprint density at radius 2 is 2.00 bits per heavy atom. The number of nitrogens with one attached hydrogen (secondary N) is 1. The molecule has 0 rings (SSSR count). The van der Waals surface area contributed by atoms with Crippen molar-refractivity contribution in [1.29, 1.82) is 0 Å². The fourth-order valence-electron chi connectivity index (χ4n) is 0.414. The molecule has 0 atom stereocenters. The first kappa shape index (κ1) is 8.48. The van der Waals surface area contributed by atoms with Gasteiger partial charge in [0.15, 0.2) is 0 Å². The largest absolute Gasteiger partial charge is 0.339 e. The molecule has 0 unspecified atom stereocenters. The third-order valence-corrected chi connectivity index (χ3v) is 0.873. The first-order valence-corrected chi connectivity index (χ1v) is 3.30. The van der Waals surface area contributed by atoms with E-state index in [1.807, 2.05) is 7.05 Å². The molecule has 3 N–H and O–H groups in total. The standard InChI is InChI=1S/C7H14N2/c1-8-6-4-5-7-9(2)3/h8H,6-7H2,1-3H3/p+2. The van der Waals surface area contributed by atoms with Crippen LogP contribution in [0.25, 0.3) is 0 Å². The van der Waals surface area contributed by atoms with Crippen molar-refractivity contribution in [2.45, 2.75) is 0 Å². The van der Waals surface area contributed by atoms with Crippen molar-refractivity contribution in [3.8, 4) is 11.8 Å². The molecule has 0 aliphatic heterocycles. The number of hydrogen-bond donors (Lipinski definition) is 2. The molecular weight excluding hydrogens is 112 g/mol. The molecule has 0 aliphatic carbocycles. The molecule has 0 saturated heterocycles. The van der Waals surface area contributed by atoms with E-state index in [0.29, 0.717) is 0 Å². The van der Waals surface area contributed by atoms with Crippen LogP contribution in [0.4, 0.5) is 0 Å². The van der Waals surface area contributed by atoms with Gasteiger partial charge in [-0.3, -0.25) is 0 Å². The van der Waals surface area contributed by atoms with Crippen LogP contribution in [0.15, 0.2) is 0 Å².